The van der Waals surface area contributed by atoms with Crippen LogP contribution >= 0.6 is 15.9 Å². The third kappa shape index (κ3) is 3.28. The van der Waals surface area contributed by atoms with Crippen molar-refractivity contribution in [3.63, 3.8) is 0 Å². The van der Waals surface area contributed by atoms with Crippen LogP contribution in [0, 0.1) is 10.1 Å². The molecule has 15 heavy (non-hydrogen) atoms. The van der Waals surface area contributed by atoms with E-state index in [9.17, 15) is 10.1 Å². The summed E-state index contributed by atoms with van der Waals surface area (Å²) in [6.07, 6.45) is 1.34. The number of nitrogens with zero attached hydrogens (tertiary/aromatic N) is 1. The number of nitro groups is 1. The topological polar surface area (TPSA) is 69.2 Å². The molecule has 4 nitrogen and oxygen atoms in total. The first kappa shape index (κ1) is 12.1. The molecule has 0 saturated heterocycles. The Morgan fingerprint density at radius 1 is 1.60 bits per heavy atom. The molecule has 1 unspecified atom stereocenters. The van der Waals surface area contributed by atoms with Crippen LogP contribution in [0.15, 0.2) is 22.7 Å². The lowest BCUT2D eigenvalue weighted by molar-refractivity contribution is -0.385. The van der Waals surface area contributed by atoms with E-state index in [1.165, 1.54) is 6.07 Å². The lowest BCUT2D eigenvalue weighted by atomic mass is 10.0. The molecule has 5 heteroatoms. The Morgan fingerprint density at radius 3 is 2.80 bits per heavy atom. The molecule has 0 aliphatic rings. The van der Waals surface area contributed by atoms with Crippen molar-refractivity contribution in [2.45, 2.75) is 25.8 Å². The highest BCUT2D eigenvalue weighted by molar-refractivity contribution is 9.10. The summed E-state index contributed by atoms with van der Waals surface area (Å²) >= 11 is 3.29. The summed E-state index contributed by atoms with van der Waals surface area (Å²) in [6, 6.07) is 4.90. The van der Waals surface area contributed by atoms with Gasteiger partial charge in [-0.3, -0.25) is 10.1 Å². The first-order valence-corrected chi connectivity index (χ1v) is 5.52. The van der Waals surface area contributed by atoms with Crippen LogP contribution in [0.4, 0.5) is 5.69 Å². The fourth-order valence-corrected chi connectivity index (χ4v) is 1.73. The summed E-state index contributed by atoms with van der Waals surface area (Å²) in [4.78, 5) is 10.4. The summed E-state index contributed by atoms with van der Waals surface area (Å²) in [6.45, 7) is 1.97. The minimum Gasteiger partial charge on any atom is -0.327 e. The Hall–Kier alpha value is -0.940. The summed E-state index contributed by atoms with van der Waals surface area (Å²) in [5.74, 6) is 0. The van der Waals surface area contributed by atoms with Gasteiger partial charge in [-0.1, -0.05) is 22.9 Å². The summed E-state index contributed by atoms with van der Waals surface area (Å²) in [5.41, 5.74) is 6.61. The zero-order valence-corrected chi connectivity index (χ0v) is 10.0. The largest absolute Gasteiger partial charge is 0.327 e. The molecule has 0 bridgehead atoms. The Kier molecular flexibility index (Phi) is 4.23. The van der Waals surface area contributed by atoms with E-state index in [-0.39, 0.29) is 16.7 Å². The Morgan fingerprint density at radius 2 is 2.27 bits per heavy atom. The smallest absolute Gasteiger partial charge is 0.272 e. The van der Waals surface area contributed by atoms with Gasteiger partial charge in [0.25, 0.3) is 5.69 Å². The van der Waals surface area contributed by atoms with Crippen LogP contribution in [0.3, 0.4) is 0 Å². The van der Waals surface area contributed by atoms with Gasteiger partial charge in [0.15, 0.2) is 0 Å². The molecule has 82 valence electrons. The Labute approximate surface area is 96.8 Å². The lowest BCUT2D eigenvalue weighted by Gasteiger charge is -2.09. The van der Waals surface area contributed by atoms with Gasteiger partial charge in [0, 0.05) is 22.1 Å². The fraction of sp³-hybridized carbons (Fsp3) is 0.400. The highest BCUT2D eigenvalue weighted by atomic mass is 79.9. The quantitative estimate of drug-likeness (QED) is 0.677. The molecule has 0 radical (unpaired) electrons. The average molecular weight is 273 g/mol. The fourth-order valence-electron chi connectivity index (χ4n) is 1.32. The zero-order valence-electron chi connectivity index (χ0n) is 8.44. The zero-order chi connectivity index (χ0) is 11.4. The minimum absolute atomic E-state index is 0.0296. The summed E-state index contributed by atoms with van der Waals surface area (Å²) < 4.78 is 0.839. The number of nitrogens with two attached hydrogens (primary N) is 1. The van der Waals surface area contributed by atoms with Gasteiger partial charge in [-0.25, -0.2) is 0 Å². The first-order valence-electron chi connectivity index (χ1n) is 4.73. The Bertz CT molecular complexity index is 368. The molecule has 0 heterocycles. The monoisotopic (exact) mass is 272 g/mol. The third-order valence-electron chi connectivity index (χ3n) is 2.24. The average Bonchev–Trinajstić information content (AvgIpc) is 2.17. The number of halogens is 1. The van der Waals surface area contributed by atoms with E-state index < -0.39 is 0 Å². The summed E-state index contributed by atoms with van der Waals surface area (Å²) in [7, 11) is 0. The van der Waals surface area contributed by atoms with Crippen molar-refractivity contribution in [2.75, 3.05) is 0 Å². The lowest BCUT2D eigenvalue weighted by Crippen LogP contribution is -2.21. The van der Waals surface area contributed by atoms with Crippen molar-refractivity contribution in [2.24, 2.45) is 5.73 Å². The number of rotatable bonds is 4. The van der Waals surface area contributed by atoms with E-state index in [1.54, 1.807) is 12.1 Å². The molecule has 1 aromatic rings. The van der Waals surface area contributed by atoms with Crippen LogP contribution in [-0.2, 0) is 6.42 Å². The van der Waals surface area contributed by atoms with E-state index in [4.69, 9.17) is 5.73 Å². The maximum absolute atomic E-state index is 10.8. The van der Waals surface area contributed by atoms with Gasteiger partial charge >= 0.3 is 0 Å². The number of benzene rings is 1. The molecule has 1 aromatic carbocycles. The van der Waals surface area contributed by atoms with Crippen molar-refractivity contribution in [1.29, 1.82) is 0 Å². The molecular weight excluding hydrogens is 260 g/mol. The van der Waals surface area contributed by atoms with Gasteiger partial charge in [-0.15, -0.1) is 0 Å². The van der Waals surface area contributed by atoms with Crippen LogP contribution < -0.4 is 5.73 Å². The van der Waals surface area contributed by atoms with Crippen LogP contribution in [0.2, 0.25) is 0 Å². The van der Waals surface area contributed by atoms with E-state index in [2.05, 4.69) is 15.9 Å². The van der Waals surface area contributed by atoms with Crippen LogP contribution in [0.1, 0.15) is 18.9 Å². The predicted octanol–water partition coefficient (Wildman–Crippen LogP) is 2.64. The standard InChI is InChI=1S/C10H13BrN2O2/c1-2-9(12)6-7-5-8(11)3-4-10(7)13(14)15/h3-5,9H,2,6,12H2,1H3. The second-order valence-electron chi connectivity index (χ2n) is 3.40. The molecular formula is C10H13BrN2O2. The molecule has 0 aliphatic carbocycles. The molecule has 0 saturated carbocycles. The maximum Gasteiger partial charge on any atom is 0.272 e. The molecule has 1 rings (SSSR count). The third-order valence-corrected chi connectivity index (χ3v) is 2.74. The molecule has 0 fully saturated rings. The van der Waals surface area contributed by atoms with E-state index in [1.807, 2.05) is 6.92 Å². The van der Waals surface area contributed by atoms with Crippen molar-refractivity contribution < 1.29 is 4.92 Å². The molecule has 0 spiro atoms. The number of hydrogen-bond donors (Lipinski definition) is 1. The highest BCUT2D eigenvalue weighted by Crippen LogP contribution is 2.24. The van der Waals surface area contributed by atoms with Crippen molar-refractivity contribution in [3.8, 4) is 0 Å². The van der Waals surface area contributed by atoms with Crippen molar-refractivity contribution in [3.05, 3.63) is 38.3 Å². The first-order chi connectivity index (χ1) is 7.04. The number of nitro benzene ring substituents is 1. The van der Waals surface area contributed by atoms with Gasteiger partial charge in [-0.05, 0) is 25.0 Å². The second kappa shape index (κ2) is 5.23. The van der Waals surface area contributed by atoms with E-state index >= 15 is 0 Å². The SMILES string of the molecule is CCC(N)Cc1cc(Br)ccc1[N+](=O)[O-]. The molecule has 0 aliphatic heterocycles. The van der Waals surface area contributed by atoms with Crippen molar-refractivity contribution in [1.82, 2.24) is 0 Å². The van der Waals surface area contributed by atoms with Gasteiger partial charge in [0.2, 0.25) is 0 Å². The molecule has 1 atom stereocenters. The van der Waals surface area contributed by atoms with Gasteiger partial charge in [0.05, 0.1) is 4.92 Å². The molecule has 2 N–H and O–H groups in total. The predicted molar refractivity (Wildman–Crippen MR) is 62.8 cm³/mol. The van der Waals surface area contributed by atoms with Crippen molar-refractivity contribution >= 4 is 21.6 Å². The van der Waals surface area contributed by atoms with Gasteiger partial charge < -0.3 is 5.73 Å². The molecule has 0 amide bonds. The van der Waals surface area contributed by atoms with Gasteiger partial charge in [-0.2, -0.15) is 0 Å². The van der Waals surface area contributed by atoms with Crippen LogP contribution in [0.5, 0.6) is 0 Å². The Balaban J connectivity index is 3.02. The minimum atomic E-state index is -0.371. The normalized spacial score (nSPS) is 12.5. The van der Waals surface area contributed by atoms with Crippen LogP contribution in [-0.4, -0.2) is 11.0 Å². The molecule has 0 aromatic heterocycles. The summed E-state index contributed by atoms with van der Waals surface area (Å²) in [5, 5.41) is 10.8. The number of hydrogen-bond acceptors (Lipinski definition) is 3. The highest BCUT2D eigenvalue weighted by Gasteiger charge is 2.15. The van der Waals surface area contributed by atoms with Crippen LogP contribution in [0.25, 0.3) is 0 Å². The maximum atomic E-state index is 10.8. The second-order valence-corrected chi connectivity index (χ2v) is 4.32. The van der Waals surface area contributed by atoms with E-state index in [0.29, 0.717) is 12.0 Å². The van der Waals surface area contributed by atoms with Gasteiger partial charge in [0.1, 0.15) is 0 Å². The van der Waals surface area contributed by atoms with E-state index in [0.717, 1.165) is 10.9 Å².